The molecule has 0 atom stereocenters. The van der Waals surface area contributed by atoms with Gasteiger partial charge in [0.05, 0.1) is 30.3 Å². The van der Waals surface area contributed by atoms with Crippen LogP contribution in [0.15, 0.2) is 70.2 Å². The first-order valence-electron chi connectivity index (χ1n) is 10.4. The number of amides is 1. The van der Waals surface area contributed by atoms with Crippen LogP contribution in [0.25, 0.3) is 11.3 Å². The van der Waals surface area contributed by atoms with Gasteiger partial charge in [0, 0.05) is 5.56 Å². The molecular weight excluding hydrogens is 458 g/mol. The lowest BCUT2D eigenvalue weighted by atomic mass is 10.1. The number of anilines is 1. The van der Waals surface area contributed by atoms with Crippen LogP contribution in [0, 0.1) is 6.92 Å². The molecule has 0 bridgehead atoms. The van der Waals surface area contributed by atoms with E-state index in [0.717, 1.165) is 21.7 Å². The highest BCUT2D eigenvalue weighted by molar-refractivity contribution is 7.92. The summed E-state index contributed by atoms with van der Waals surface area (Å²) >= 11 is 0. The number of hydrogen-bond acceptors (Lipinski definition) is 7. The predicted molar refractivity (Wildman–Crippen MR) is 129 cm³/mol. The molecule has 0 radical (unpaired) electrons. The number of ether oxygens (including phenoxy) is 1. The lowest BCUT2D eigenvalue weighted by molar-refractivity contribution is -0.119. The molecule has 0 aliphatic heterocycles. The average molecular weight is 484 g/mol. The Labute approximate surface area is 198 Å². The lowest BCUT2D eigenvalue weighted by Crippen LogP contribution is -2.39. The SMILES string of the molecule is CCOC(=O)c1ccc(-c2ccc(/C=N\NC(=O)CN(c3cccc(C)c3)S(C)(=O)=O)o2)cc1. The molecule has 0 aliphatic carbocycles. The van der Waals surface area contributed by atoms with Gasteiger partial charge in [-0.1, -0.05) is 24.3 Å². The molecular formula is C24H25N3O6S. The molecule has 0 saturated heterocycles. The quantitative estimate of drug-likeness (QED) is 0.283. The fourth-order valence-corrected chi connectivity index (χ4v) is 3.93. The van der Waals surface area contributed by atoms with Gasteiger partial charge in [-0.05, 0) is 55.8 Å². The second kappa shape index (κ2) is 10.8. The molecule has 10 heteroatoms. The molecule has 0 aliphatic rings. The van der Waals surface area contributed by atoms with Crippen LogP contribution < -0.4 is 9.73 Å². The van der Waals surface area contributed by atoms with Crippen LogP contribution in [-0.2, 0) is 19.6 Å². The van der Waals surface area contributed by atoms with Crippen LogP contribution >= 0.6 is 0 Å². The topological polar surface area (TPSA) is 118 Å². The third-order valence-electron chi connectivity index (χ3n) is 4.67. The van der Waals surface area contributed by atoms with Crippen molar-refractivity contribution in [2.75, 3.05) is 23.7 Å². The Kier molecular flexibility index (Phi) is 7.85. The van der Waals surface area contributed by atoms with Crippen LogP contribution in [0.3, 0.4) is 0 Å². The molecule has 1 aromatic heterocycles. The van der Waals surface area contributed by atoms with Crippen molar-refractivity contribution in [3.8, 4) is 11.3 Å². The summed E-state index contributed by atoms with van der Waals surface area (Å²) in [5.41, 5.74) is 4.76. The van der Waals surface area contributed by atoms with Crippen molar-refractivity contribution in [1.29, 1.82) is 0 Å². The molecule has 0 unspecified atom stereocenters. The average Bonchev–Trinajstić information content (AvgIpc) is 3.26. The number of carbonyl (C=O) groups excluding carboxylic acids is 2. The van der Waals surface area contributed by atoms with Crippen LogP contribution in [0.4, 0.5) is 5.69 Å². The molecule has 0 fully saturated rings. The number of esters is 1. The first-order valence-corrected chi connectivity index (χ1v) is 12.3. The normalized spacial score (nSPS) is 11.4. The van der Waals surface area contributed by atoms with Gasteiger partial charge in [0.1, 0.15) is 18.1 Å². The van der Waals surface area contributed by atoms with Gasteiger partial charge >= 0.3 is 5.97 Å². The van der Waals surface area contributed by atoms with E-state index in [2.05, 4.69) is 10.5 Å². The molecule has 34 heavy (non-hydrogen) atoms. The third-order valence-corrected chi connectivity index (χ3v) is 5.81. The van der Waals surface area contributed by atoms with E-state index in [1.54, 1.807) is 61.5 Å². The third kappa shape index (κ3) is 6.55. The Balaban J connectivity index is 1.62. The maximum atomic E-state index is 12.3. The molecule has 3 aromatic rings. The summed E-state index contributed by atoms with van der Waals surface area (Å²) in [6.07, 6.45) is 2.35. The van der Waals surface area contributed by atoms with E-state index in [9.17, 15) is 18.0 Å². The van der Waals surface area contributed by atoms with E-state index in [1.165, 1.54) is 6.21 Å². The van der Waals surface area contributed by atoms with E-state index in [0.29, 0.717) is 29.4 Å². The number of carbonyl (C=O) groups is 2. The first-order chi connectivity index (χ1) is 16.2. The molecule has 9 nitrogen and oxygen atoms in total. The van der Waals surface area contributed by atoms with E-state index < -0.39 is 28.4 Å². The Bertz CT molecular complexity index is 1300. The molecule has 178 valence electrons. The maximum Gasteiger partial charge on any atom is 0.338 e. The van der Waals surface area contributed by atoms with Gasteiger partial charge < -0.3 is 9.15 Å². The van der Waals surface area contributed by atoms with Crippen LogP contribution in [-0.4, -0.2) is 45.9 Å². The molecule has 1 N–H and O–H groups in total. The minimum absolute atomic E-state index is 0.302. The highest BCUT2D eigenvalue weighted by Crippen LogP contribution is 2.22. The van der Waals surface area contributed by atoms with Crippen LogP contribution in [0.5, 0.6) is 0 Å². The Morgan fingerprint density at radius 2 is 1.85 bits per heavy atom. The molecule has 1 amide bonds. The van der Waals surface area contributed by atoms with E-state index >= 15 is 0 Å². The summed E-state index contributed by atoms with van der Waals surface area (Å²) in [5, 5.41) is 3.85. The smallest absolute Gasteiger partial charge is 0.338 e. The van der Waals surface area contributed by atoms with Crippen molar-refractivity contribution in [2.45, 2.75) is 13.8 Å². The summed E-state index contributed by atoms with van der Waals surface area (Å²) in [4.78, 5) is 24.1. The predicted octanol–water partition coefficient (Wildman–Crippen LogP) is 3.35. The Morgan fingerprint density at radius 1 is 1.12 bits per heavy atom. The van der Waals surface area contributed by atoms with Gasteiger partial charge in [0.2, 0.25) is 10.0 Å². The minimum Gasteiger partial charge on any atom is -0.462 e. The largest absolute Gasteiger partial charge is 0.462 e. The fourth-order valence-electron chi connectivity index (χ4n) is 3.08. The molecule has 2 aromatic carbocycles. The van der Waals surface area contributed by atoms with E-state index in [4.69, 9.17) is 9.15 Å². The number of nitrogens with one attached hydrogen (secondary N) is 1. The number of hydrogen-bond donors (Lipinski definition) is 1. The van der Waals surface area contributed by atoms with Gasteiger partial charge in [-0.25, -0.2) is 18.6 Å². The summed E-state index contributed by atoms with van der Waals surface area (Å²) in [6, 6.07) is 17.0. The standard InChI is InChI=1S/C24H25N3O6S/c1-4-32-24(29)19-10-8-18(9-11-19)22-13-12-21(33-22)15-25-26-23(28)16-27(34(3,30)31)20-7-5-6-17(2)14-20/h5-15H,4,16H2,1-3H3,(H,26,28)/b25-15-. The molecule has 1 heterocycles. The zero-order valence-corrected chi connectivity index (χ0v) is 19.8. The zero-order valence-electron chi connectivity index (χ0n) is 19.0. The second-order valence-corrected chi connectivity index (χ2v) is 9.31. The van der Waals surface area contributed by atoms with Crippen molar-refractivity contribution in [1.82, 2.24) is 5.43 Å². The fraction of sp³-hybridized carbons (Fsp3) is 0.208. The number of benzene rings is 2. The highest BCUT2D eigenvalue weighted by atomic mass is 32.2. The number of sulfonamides is 1. The lowest BCUT2D eigenvalue weighted by Gasteiger charge is -2.21. The van der Waals surface area contributed by atoms with Gasteiger partial charge in [0.15, 0.2) is 0 Å². The van der Waals surface area contributed by atoms with Gasteiger partial charge in [-0.15, -0.1) is 0 Å². The summed E-state index contributed by atoms with van der Waals surface area (Å²) in [5.74, 6) is -0.0762. The minimum atomic E-state index is -3.67. The highest BCUT2D eigenvalue weighted by Gasteiger charge is 2.20. The van der Waals surface area contributed by atoms with Crippen LogP contribution in [0.1, 0.15) is 28.6 Å². The summed E-state index contributed by atoms with van der Waals surface area (Å²) in [6.45, 7) is 3.46. The van der Waals surface area contributed by atoms with Crippen molar-refractivity contribution in [2.24, 2.45) is 5.10 Å². The van der Waals surface area contributed by atoms with E-state index in [1.807, 2.05) is 13.0 Å². The zero-order chi connectivity index (χ0) is 24.7. The second-order valence-electron chi connectivity index (χ2n) is 7.40. The van der Waals surface area contributed by atoms with Crippen molar-refractivity contribution in [3.63, 3.8) is 0 Å². The van der Waals surface area contributed by atoms with Crippen molar-refractivity contribution < 1.29 is 27.2 Å². The summed E-state index contributed by atoms with van der Waals surface area (Å²) < 4.78 is 36.0. The molecule has 3 rings (SSSR count). The van der Waals surface area contributed by atoms with E-state index in [-0.39, 0.29) is 0 Å². The number of aryl methyl sites for hydroxylation is 1. The van der Waals surface area contributed by atoms with Gasteiger partial charge in [0.25, 0.3) is 5.91 Å². The van der Waals surface area contributed by atoms with Crippen molar-refractivity contribution >= 4 is 33.8 Å². The van der Waals surface area contributed by atoms with Gasteiger partial charge in [-0.3, -0.25) is 9.10 Å². The monoisotopic (exact) mass is 483 g/mol. The Hall–Kier alpha value is -3.92. The molecule has 0 spiro atoms. The Morgan fingerprint density at radius 3 is 2.50 bits per heavy atom. The van der Waals surface area contributed by atoms with Crippen LogP contribution in [0.2, 0.25) is 0 Å². The first kappa shape index (κ1) is 24.7. The maximum absolute atomic E-state index is 12.3. The number of rotatable bonds is 9. The number of nitrogens with zero attached hydrogens (tertiary/aromatic N) is 2. The van der Waals surface area contributed by atoms with Crippen molar-refractivity contribution in [3.05, 3.63) is 77.6 Å². The van der Waals surface area contributed by atoms with Gasteiger partial charge in [-0.2, -0.15) is 5.10 Å². The number of furan rings is 1. The summed E-state index contributed by atoms with van der Waals surface area (Å²) in [7, 11) is -3.67. The number of hydrazone groups is 1. The molecule has 0 saturated carbocycles.